The summed E-state index contributed by atoms with van der Waals surface area (Å²) < 4.78 is 6.05. The van der Waals surface area contributed by atoms with Crippen LogP contribution in [0.4, 0.5) is 23.1 Å². The SMILES string of the molecule is CN(C)C1CC(Oc2ccc(Nc3nccc(Nc4cnc5ccccc5c4)n3)cc2C#N)C1. The summed E-state index contributed by atoms with van der Waals surface area (Å²) in [5.74, 6) is 1.66. The van der Waals surface area contributed by atoms with Crippen LogP contribution < -0.4 is 15.4 Å². The van der Waals surface area contributed by atoms with E-state index in [1.54, 1.807) is 24.5 Å². The highest BCUT2D eigenvalue weighted by Gasteiger charge is 2.32. The molecule has 0 saturated heterocycles. The molecule has 0 unspecified atom stereocenters. The molecule has 2 heterocycles. The van der Waals surface area contributed by atoms with E-state index in [0.29, 0.717) is 34.8 Å². The van der Waals surface area contributed by atoms with Crippen molar-refractivity contribution in [1.29, 1.82) is 5.26 Å². The molecule has 1 aliphatic carbocycles. The Morgan fingerprint density at radius 1 is 1.00 bits per heavy atom. The van der Waals surface area contributed by atoms with Crippen LogP contribution in [0.3, 0.4) is 0 Å². The van der Waals surface area contributed by atoms with Gasteiger partial charge in [-0.15, -0.1) is 0 Å². The lowest BCUT2D eigenvalue weighted by Gasteiger charge is -2.39. The maximum atomic E-state index is 9.62. The number of aromatic nitrogens is 3. The number of fused-ring (bicyclic) bond motifs is 1. The number of rotatable bonds is 7. The molecule has 0 bridgehead atoms. The van der Waals surface area contributed by atoms with Gasteiger partial charge in [-0.05, 0) is 63.3 Å². The second-order valence-electron chi connectivity index (χ2n) is 8.58. The predicted octanol–water partition coefficient (Wildman–Crippen LogP) is 4.86. The Bertz CT molecular complexity index is 1360. The van der Waals surface area contributed by atoms with E-state index in [9.17, 15) is 5.26 Å². The highest BCUT2D eigenvalue weighted by atomic mass is 16.5. The van der Waals surface area contributed by atoms with Gasteiger partial charge in [-0.3, -0.25) is 4.98 Å². The molecule has 170 valence electrons. The van der Waals surface area contributed by atoms with Crippen LogP contribution in [0.2, 0.25) is 0 Å². The van der Waals surface area contributed by atoms with Crippen LogP contribution in [-0.4, -0.2) is 46.1 Å². The van der Waals surface area contributed by atoms with Gasteiger partial charge in [0.05, 0.1) is 23.0 Å². The van der Waals surface area contributed by atoms with E-state index in [2.05, 4.69) is 50.6 Å². The molecule has 34 heavy (non-hydrogen) atoms. The average Bonchev–Trinajstić information content (AvgIpc) is 2.81. The van der Waals surface area contributed by atoms with E-state index < -0.39 is 0 Å². The number of nitrogens with one attached hydrogen (secondary N) is 2. The zero-order chi connectivity index (χ0) is 23.5. The van der Waals surface area contributed by atoms with Crippen LogP contribution in [0, 0.1) is 11.3 Å². The van der Waals surface area contributed by atoms with Gasteiger partial charge in [0.2, 0.25) is 5.95 Å². The molecule has 2 aromatic carbocycles. The molecule has 2 aromatic heterocycles. The predicted molar refractivity (Wildman–Crippen MR) is 133 cm³/mol. The van der Waals surface area contributed by atoms with Crippen molar-refractivity contribution in [2.24, 2.45) is 0 Å². The summed E-state index contributed by atoms with van der Waals surface area (Å²) in [5, 5.41) is 17.1. The van der Waals surface area contributed by atoms with Crippen LogP contribution in [-0.2, 0) is 0 Å². The first-order valence-corrected chi connectivity index (χ1v) is 11.2. The normalized spacial score (nSPS) is 17.1. The summed E-state index contributed by atoms with van der Waals surface area (Å²) in [4.78, 5) is 15.5. The third-order valence-electron chi connectivity index (χ3n) is 5.97. The molecule has 1 aliphatic rings. The van der Waals surface area contributed by atoms with Crippen molar-refractivity contribution >= 4 is 34.0 Å². The molecule has 0 atom stereocenters. The highest BCUT2D eigenvalue weighted by molar-refractivity contribution is 5.82. The second kappa shape index (κ2) is 9.33. The maximum Gasteiger partial charge on any atom is 0.229 e. The molecule has 2 N–H and O–H groups in total. The van der Waals surface area contributed by atoms with Gasteiger partial charge in [-0.1, -0.05) is 18.2 Å². The number of ether oxygens (including phenoxy) is 1. The van der Waals surface area contributed by atoms with Crippen LogP contribution in [0.5, 0.6) is 5.75 Å². The largest absolute Gasteiger partial charge is 0.489 e. The van der Waals surface area contributed by atoms with E-state index in [1.165, 1.54) is 0 Å². The van der Waals surface area contributed by atoms with Crippen molar-refractivity contribution < 1.29 is 4.74 Å². The van der Waals surface area contributed by atoms with Crippen molar-refractivity contribution in [2.75, 3.05) is 24.7 Å². The molecule has 1 fully saturated rings. The van der Waals surface area contributed by atoms with E-state index in [4.69, 9.17) is 4.74 Å². The van der Waals surface area contributed by atoms with Crippen molar-refractivity contribution in [3.63, 3.8) is 0 Å². The molecule has 0 spiro atoms. The molecule has 8 heteroatoms. The average molecular weight is 452 g/mol. The topological polar surface area (TPSA) is 99.0 Å². The Labute approximate surface area is 198 Å². The molecule has 0 amide bonds. The zero-order valence-corrected chi connectivity index (χ0v) is 19.1. The summed E-state index contributed by atoms with van der Waals surface area (Å²) in [6, 6.07) is 20.0. The van der Waals surface area contributed by atoms with Crippen molar-refractivity contribution in [3.05, 3.63) is 72.6 Å². The Kier molecular flexibility index (Phi) is 5.93. The lowest BCUT2D eigenvalue weighted by molar-refractivity contribution is 0.0399. The number of para-hydroxylation sites is 1. The summed E-state index contributed by atoms with van der Waals surface area (Å²) in [6.45, 7) is 0. The summed E-state index contributed by atoms with van der Waals surface area (Å²) >= 11 is 0. The smallest absolute Gasteiger partial charge is 0.229 e. The molecule has 0 aliphatic heterocycles. The number of nitrogens with zero attached hydrogens (tertiary/aromatic N) is 5. The third-order valence-corrected chi connectivity index (χ3v) is 5.97. The zero-order valence-electron chi connectivity index (χ0n) is 19.1. The molecule has 1 saturated carbocycles. The quantitative estimate of drug-likeness (QED) is 0.411. The van der Waals surface area contributed by atoms with E-state index in [1.807, 2.05) is 42.5 Å². The van der Waals surface area contributed by atoms with Crippen LogP contribution in [0.1, 0.15) is 18.4 Å². The van der Waals surface area contributed by atoms with E-state index in [0.717, 1.165) is 29.4 Å². The van der Waals surface area contributed by atoms with Crippen molar-refractivity contribution in [1.82, 2.24) is 19.9 Å². The third kappa shape index (κ3) is 4.75. The summed E-state index contributed by atoms with van der Waals surface area (Å²) in [7, 11) is 4.15. The number of nitriles is 1. The highest BCUT2D eigenvalue weighted by Crippen LogP contribution is 2.31. The van der Waals surface area contributed by atoms with Gasteiger partial charge in [0.15, 0.2) is 0 Å². The minimum Gasteiger partial charge on any atom is -0.489 e. The van der Waals surface area contributed by atoms with E-state index >= 15 is 0 Å². The minimum atomic E-state index is 0.147. The molecule has 8 nitrogen and oxygen atoms in total. The van der Waals surface area contributed by atoms with Gasteiger partial charge >= 0.3 is 0 Å². The first kappa shape index (κ1) is 21.6. The fraction of sp³-hybridized carbons (Fsp3) is 0.231. The van der Waals surface area contributed by atoms with Crippen LogP contribution in [0.25, 0.3) is 10.9 Å². The Morgan fingerprint density at radius 2 is 1.85 bits per heavy atom. The number of benzene rings is 2. The van der Waals surface area contributed by atoms with Crippen molar-refractivity contribution in [3.8, 4) is 11.8 Å². The summed E-state index contributed by atoms with van der Waals surface area (Å²) in [5.41, 5.74) is 2.97. The molecule has 4 aromatic rings. The monoisotopic (exact) mass is 451 g/mol. The fourth-order valence-corrected chi connectivity index (χ4v) is 3.94. The fourth-order valence-electron chi connectivity index (χ4n) is 3.94. The first-order valence-electron chi connectivity index (χ1n) is 11.2. The molecule has 0 radical (unpaired) electrons. The van der Waals surface area contributed by atoms with Gasteiger partial charge in [0.1, 0.15) is 23.7 Å². The van der Waals surface area contributed by atoms with Gasteiger partial charge in [0, 0.05) is 23.3 Å². The summed E-state index contributed by atoms with van der Waals surface area (Å²) in [6.07, 6.45) is 5.54. The Hall–Kier alpha value is -4.22. The lowest BCUT2D eigenvalue weighted by Crippen LogP contribution is -2.46. The van der Waals surface area contributed by atoms with Crippen LogP contribution in [0.15, 0.2) is 67.0 Å². The van der Waals surface area contributed by atoms with Crippen LogP contribution >= 0.6 is 0 Å². The Morgan fingerprint density at radius 3 is 2.68 bits per heavy atom. The first-order chi connectivity index (χ1) is 16.6. The second-order valence-corrected chi connectivity index (χ2v) is 8.58. The molecule has 5 rings (SSSR count). The lowest BCUT2D eigenvalue weighted by atomic mass is 9.88. The maximum absolute atomic E-state index is 9.62. The number of hydrogen-bond donors (Lipinski definition) is 2. The molecular formula is C26H25N7O. The van der Waals surface area contributed by atoms with E-state index in [-0.39, 0.29) is 6.10 Å². The van der Waals surface area contributed by atoms with Gasteiger partial charge in [-0.25, -0.2) is 4.98 Å². The van der Waals surface area contributed by atoms with Crippen molar-refractivity contribution in [2.45, 2.75) is 25.0 Å². The number of pyridine rings is 1. The number of hydrogen-bond acceptors (Lipinski definition) is 8. The van der Waals surface area contributed by atoms with Gasteiger partial charge in [-0.2, -0.15) is 10.2 Å². The minimum absolute atomic E-state index is 0.147. The standard InChI is InChI=1S/C26H25N7O/c1-33(2)21-13-22(14-21)34-24-8-7-19(12-18(24)15-27)31-26-28-10-9-25(32-26)30-20-11-17-5-3-4-6-23(17)29-16-20/h3-12,16,21-22H,13-14H2,1-2H3,(H2,28,30,31,32). The molecular weight excluding hydrogens is 426 g/mol. The van der Waals surface area contributed by atoms with Gasteiger partial charge < -0.3 is 20.3 Å². The number of anilines is 4. The Balaban J connectivity index is 1.27. The van der Waals surface area contributed by atoms with Gasteiger partial charge in [0.25, 0.3) is 0 Å².